The summed E-state index contributed by atoms with van der Waals surface area (Å²) in [5, 5.41) is 9.80. The molecule has 2 unspecified atom stereocenters. The van der Waals surface area contributed by atoms with Crippen LogP contribution in [0.25, 0.3) is 0 Å². The van der Waals surface area contributed by atoms with E-state index in [1.807, 2.05) is 19.9 Å². The zero-order valence-corrected chi connectivity index (χ0v) is 23.7. The smallest absolute Gasteiger partial charge is 0.340 e. The minimum atomic E-state index is -2.77. The Morgan fingerprint density at radius 1 is 0.756 bits per heavy atom. The second kappa shape index (κ2) is 12.8. The van der Waals surface area contributed by atoms with Crippen molar-refractivity contribution in [2.45, 2.75) is 13.8 Å². The number of benzene rings is 4. The molecule has 210 valence electrons. The molecule has 4 aromatic rings. The molecule has 0 N–H and O–H groups in total. The van der Waals surface area contributed by atoms with Crippen LogP contribution in [0.5, 0.6) is 11.5 Å². The molecular weight excluding hydrogens is 566 g/mol. The van der Waals surface area contributed by atoms with Gasteiger partial charge >= 0.3 is 5.97 Å². The molecular formula is C29H23N3O7S2-2. The molecule has 0 amide bonds. The number of carbonyl (C=O) groups is 1. The molecule has 10 nitrogen and oxygen atoms in total. The summed E-state index contributed by atoms with van der Waals surface area (Å²) in [6, 6.07) is 23.9. The minimum absolute atomic E-state index is 0.0179. The molecule has 0 saturated heterocycles. The van der Waals surface area contributed by atoms with Crippen LogP contribution >= 0.6 is 0 Å². The van der Waals surface area contributed by atoms with Crippen molar-refractivity contribution >= 4 is 51.3 Å². The Morgan fingerprint density at radius 3 is 1.68 bits per heavy atom. The summed E-state index contributed by atoms with van der Waals surface area (Å²) in [5.74, 6) is -0.473. The van der Waals surface area contributed by atoms with Gasteiger partial charge in [0, 0.05) is 6.07 Å². The Labute approximate surface area is 242 Å². The van der Waals surface area contributed by atoms with Crippen LogP contribution in [0.3, 0.4) is 0 Å². The van der Waals surface area contributed by atoms with Gasteiger partial charge in [-0.3, -0.25) is 17.0 Å². The molecule has 0 aliphatic rings. The van der Waals surface area contributed by atoms with E-state index in [-0.39, 0.29) is 34.0 Å². The highest BCUT2D eigenvalue weighted by atomic mass is 32.2. The first kappa shape index (κ1) is 29.4. The monoisotopic (exact) mass is 589 g/mol. The van der Waals surface area contributed by atoms with Crippen LogP contribution in [0.15, 0.2) is 84.9 Å². The van der Waals surface area contributed by atoms with Crippen LogP contribution in [0.2, 0.25) is 0 Å². The number of carbonyl (C=O) groups excluding carboxylic acids is 1. The van der Waals surface area contributed by atoms with Crippen LogP contribution in [-0.2, 0) is 27.3 Å². The third-order valence-electron chi connectivity index (χ3n) is 5.97. The highest BCUT2D eigenvalue weighted by Gasteiger charge is 2.22. The van der Waals surface area contributed by atoms with Gasteiger partial charge in [-0.1, -0.05) is 35.4 Å². The number of aryl methyl sites for hydroxylation is 2. The van der Waals surface area contributed by atoms with Crippen molar-refractivity contribution in [3.05, 3.63) is 107 Å². The first-order valence-electron chi connectivity index (χ1n) is 12.0. The number of esters is 1. The molecule has 0 spiro atoms. The fourth-order valence-electron chi connectivity index (χ4n) is 3.98. The second-order valence-electron chi connectivity index (χ2n) is 8.76. The van der Waals surface area contributed by atoms with Crippen molar-refractivity contribution in [3.63, 3.8) is 0 Å². The fraction of sp³-hybridized carbons (Fsp3) is 0.103. The largest absolute Gasteiger partial charge is 0.755 e. The molecule has 0 heterocycles. The number of rotatable bonds is 9. The average molecular weight is 590 g/mol. The predicted octanol–water partition coefficient (Wildman–Crippen LogP) is 5.62. The van der Waals surface area contributed by atoms with Crippen LogP contribution in [-0.4, -0.2) is 30.6 Å². The summed E-state index contributed by atoms with van der Waals surface area (Å²) < 4.78 is 61.4. The van der Waals surface area contributed by atoms with Gasteiger partial charge in [-0.25, -0.2) is 4.79 Å². The van der Waals surface area contributed by atoms with Crippen LogP contribution in [0.4, 0.5) is 22.7 Å². The maximum absolute atomic E-state index is 12.7. The minimum Gasteiger partial charge on any atom is -0.755 e. The van der Waals surface area contributed by atoms with Gasteiger partial charge in [0.05, 0.1) is 63.5 Å². The number of anilines is 4. The summed E-state index contributed by atoms with van der Waals surface area (Å²) in [6.45, 7) is 3.73. The Hall–Kier alpha value is -4.54. The zero-order chi connectivity index (χ0) is 29.7. The van der Waals surface area contributed by atoms with Crippen molar-refractivity contribution in [1.82, 2.24) is 0 Å². The van der Waals surface area contributed by atoms with E-state index < -0.39 is 28.5 Å². The standard InChI is InChI=1S/C29H25N3O7S2/c1-19-4-8-22(9-5-19)31(40(34)35)27-14-12-24(16-21(27)18-30)39-25-13-15-28(26(17-25)29(33)38-3)32(41(36)37)23-10-6-20(2)7-11-23/h4-17H,1-3H3,(H,34,35)(H,36,37)/p-2. The van der Waals surface area contributed by atoms with Gasteiger partial charge in [0.2, 0.25) is 0 Å². The topological polar surface area (TPSA) is 146 Å². The van der Waals surface area contributed by atoms with Crippen LogP contribution in [0, 0.1) is 25.2 Å². The molecule has 0 fully saturated rings. The Balaban J connectivity index is 1.71. The third-order valence-corrected chi connectivity index (χ3v) is 7.38. The van der Waals surface area contributed by atoms with Crippen molar-refractivity contribution < 1.29 is 31.8 Å². The van der Waals surface area contributed by atoms with E-state index in [4.69, 9.17) is 9.47 Å². The van der Waals surface area contributed by atoms with E-state index in [0.717, 1.165) is 19.7 Å². The normalized spacial score (nSPS) is 12.1. The first-order valence-corrected chi connectivity index (χ1v) is 14.1. The number of hydrogen-bond donors (Lipinski definition) is 0. The Kier molecular flexibility index (Phi) is 9.16. The number of hydrogen-bond acceptors (Lipinski definition) is 8. The number of ether oxygens (including phenoxy) is 2. The molecule has 0 aromatic heterocycles. The number of methoxy groups -OCH3 is 1. The Morgan fingerprint density at radius 2 is 1.22 bits per heavy atom. The summed E-state index contributed by atoms with van der Waals surface area (Å²) in [5.41, 5.74) is 2.62. The lowest BCUT2D eigenvalue weighted by molar-refractivity contribution is 0.0601. The molecule has 2 atom stereocenters. The van der Waals surface area contributed by atoms with E-state index in [2.05, 4.69) is 0 Å². The van der Waals surface area contributed by atoms with Crippen molar-refractivity contribution in [2.24, 2.45) is 0 Å². The van der Waals surface area contributed by atoms with Gasteiger partial charge in [0.1, 0.15) is 17.6 Å². The quantitative estimate of drug-likeness (QED) is 0.181. The maximum Gasteiger partial charge on any atom is 0.340 e. The van der Waals surface area contributed by atoms with Crippen LogP contribution in [0.1, 0.15) is 27.0 Å². The first-order chi connectivity index (χ1) is 19.6. The van der Waals surface area contributed by atoms with Gasteiger partial charge < -0.3 is 18.6 Å². The molecule has 4 rings (SSSR count). The molecule has 0 aliphatic heterocycles. The van der Waals surface area contributed by atoms with Gasteiger partial charge in [0.15, 0.2) is 0 Å². The maximum atomic E-state index is 12.7. The third kappa shape index (κ3) is 6.62. The molecule has 0 bridgehead atoms. The van der Waals surface area contributed by atoms with Gasteiger partial charge in [-0.05, 0) is 68.4 Å². The van der Waals surface area contributed by atoms with E-state index in [1.54, 1.807) is 48.5 Å². The van der Waals surface area contributed by atoms with Gasteiger partial charge in [0.25, 0.3) is 0 Å². The highest BCUT2D eigenvalue weighted by molar-refractivity contribution is 7.81. The summed E-state index contributed by atoms with van der Waals surface area (Å²) >= 11 is -5.50. The SMILES string of the molecule is COC(=O)c1cc(Oc2ccc(N(c3ccc(C)cc3)S(=O)[O-])c(C#N)c2)ccc1N(c1ccc(C)cc1)S(=O)[O-]. The van der Waals surface area contributed by atoms with Crippen molar-refractivity contribution in [3.8, 4) is 17.6 Å². The van der Waals surface area contributed by atoms with E-state index in [9.17, 15) is 27.6 Å². The predicted molar refractivity (Wildman–Crippen MR) is 153 cm³/mol. The zero-order valence-electron chi connectivity index (χ0n) is 22.1. The second-order valence-corrected chi connectivity index (χ2v) is 10.4. The summed E-state index contributed by atoms with van der Waals surface area (Å²) in [4.78, 5) is 12.7. The lowest BCUT2D eigenvalue weighted by atomic mass is 10.1. The number of nitriles is 1. The van der Waals surface area contributed by atoms with Crippen LogP contribution < -0.4 is 13.3 Å². The molecule has 0 radical (unpaired) electrons. The molecule has 12 heteroatoms. The molecule has 41 heavy (non-hydrogen) atoms. The van der Waals surface area contributed by atoms with Gasteiger partial charge in [-0.2, -0.15) is 5.26 Å². The molecule has 0 aliphatic carbocycles. The van der Waals surface area contributed by atoms with Crippen molar-refractivity contribution in [1.29, 1.82) is 5.26 Å². The highest BCUT2D eigenvalue weighted by Crippen LogP contribution is 2.36. The van der Waals surface area contributed by atoms with E-state index >= 15 is 0 Å². The number of nitrogens with zero attached hydrogens (tertiary/aromatic N) is 3. The van der Waals surface area contributed by atoms with Crippen molar-refractivity contribution in [2.75, 3.05) is 15.7 Å². The summed E-state index contributed by atoms with van der Waals surface area (Å²) in [6.07, 6.45) is 0. The fourth-order valence-corrected chi connectivity index (χ4v) is 5.21. The lowest BCUT2D eigenvalue weighted by Gasteiger charge is -2.28. The Bertz CT molecular complexity index is 1670. The molecule has 4 aromatic carbocycles. The van der Waals surface area contributed by atoms with E-state index in [0.29, 0.717) is 11.4 Å². The summed E-state index contributed by atoms with van der Waals surface area (Å²) in [7, 11) is 1.17. The van der Waals surface area contributed by atoms with Gasteiger partial charge in [-0.15, -0.1) is 0 Å². The van der Waals surface area contributed by atoms with E-state index in [1.165, 1.54) is 43.5 Å². The lowest BCUT2D eigenvalue weighted by Crippen LogP contribution is -2.22. The average Bonchev–Trinajstić information content (AvgIpc) is 2.95. The molecule has 0 saturated carbocycles.